The van der Waals surface area contributed by atoms with Gasteiger partial charge >= 0.3 is 0 Å². The predicted octanol–water partition coefficient (Wildman–Crippen LogP) is 2.19. The summed E-state index contributed by atoms with van der Waals surface area (Å²) in [6.45, 7) is 12.8. The van der Waals surface area contributed by atoms with Crippen LogP contribution in [0.1, 0.15) is 33.4 Å². The molecular weight excluding hydrogens is 226 g/mol. The molecule has 0 aliphatic heterocycles. The van der Waals surface area contributed by atoms with E-state index in [4.69, 9.17) is 5.84 Å². The van der Waals surface area contributed by atoms with Crippen LogP contribution in [0.3, 0.4) is 0 Å². The fraction of sp³-hybridized carbons (Fsp3) is 0.692. The zero-order valence-electron chi connectivity index (χ0n) is 12.1. The maximum absolute atomic E-state index is 5.40. The third-order valence-electron chi connectivity index (χ3n) is 2.46. The van der Waals surface area contributed by atoms with Crippen molar-refractivity contribution in [3.05, 3.63) is 11.8 Å². The molecular formula is C13H25N5. The van der Waals surface area contributed by atoms with Gasteiger partial charge in [-0.3, -0.25) is 5.43 Å². The fourth-order valence-corrected chi connectivity index (χ4v) is 1.92. The normalized spacial score (nSPS) is 11.1. The van der Waals surface area contributed by atoms with Gasteiger partial charge in [0.05, 0.1) is 0 Å². The van der Waals surface area contributed by atoms with Crippen LogP contribution in [0, 0.1) is 18.8 Å². The lowest BCUT2D eigenvalue weighted by Crippen LogP contribution is -2.32. The number of hydrogen-bond donors (Lipinski definition) is 2. The molecule has 1 aromatic rings. The van der Waals surface area contributed by atoms with Crippen molar-refractivity contribution in [2.75, 3.05) is 23.4 Å². The van der Waals surface area contributed by atoms with Gasteiger partial charge in [-0.2, -0.15) is 4.98 Å². The summed E-state index contributed by atoms with van der Waals surface area (Å²) in [7, 11) is 0. The molecule has 0 unspecified atom stereocenters. The van der Waals surface area contributed by atoms with Gasteiger partial charge in [0.1, 0.15) is 5.82 Å². The molecule has 1 aromatic heterocycles. The minimum atomic E-state index is 0.475. The van der Waals surface area contributed by atoms with Crippen molar-refractivity contribution < 1.29 is 0 Å². The number of hydrazine groups is 1. The highest BCUT2D eigenvalue weighted by Gasteiger charge is 2.13. The van der Waals surface area contributed by atoms with Crippen molar-refractivity contribution >= 4 is 11.8 Å². The maximum atomic E-state index is 5.40. The number of nitrogen functional groups attached to an aromatic ring is 1. The Balaban J connectivity index is 2.99. The second-order valence-corrected chi connectivity index (χ2v) is 5.53. The second kappa shape index (κ2) is 6.54. The van der Waals surface area contributed by atoms with Gasteiger partial charge in [-0.25, -0.2) is 10.8 Å². The van der Waals surface area contributed by atoms with Gasteiger partial charge in [-0.1, -0.05) is 27.7 Å². The van der Waals surface area contributed by atoms with E-state index >= 15 is 0 Å². The van der Waals surface area contributed by atoms with E-state index in [1.807, 2.05) is 13.0 Å². The Bertz CT molecular complexity index is 366. The van der Waals surface area contributed by atoms with Gasteiger partial charge in [0.2, 0.25) is 5.95 Å². The maximum Gasteiger partial charge on any atom is 0.239 e. The van der Waals surface area contributed by atoms with Crippen LogP contribution in [-0.4, -0.2) is 23.1 Å². The zero-order chi connectivity index (χ0) is 13.7. The van der Waals surface area contributed by atoms with Gasteiger partial charge in [0, 0.05) is 24.8 Å². The van der Waals surface area contributed by atoms with Crippen molar-refractivity contribution in [2.45, 2.75) is 34.6 Å². The number of aryl methyl sites for hydroxylation is 1. The van der Waals surface area contributed by atoms with Crippen molar-refractivity contribution in [1.29, 1.82) is 0 Å². The van der Waals surface area contributed by atoms with Crippen LogP contribution in [0.4, 0.5) is 11.8 Å². The number of aromatic nitrogens is 2. The first-order chi connectivity index (χ1) is 8.42. The summed E-state index contributed by atoms with van der Waals surface area (Å²) >= 11 is 0. The molecule has 102 valence electrons. The molecule has 0 atom stereocenters. The van der Waals surface area contributed by atoms with E-state index in [1.165, 1.54) is 0 Å². The summed E-state index contributed by atoms with van der Waals surface area (Å²) < 4.78 is 0. The third-order valence-corrected chi connectivity index (χ3v) is 2.46. The first kappa shape index (κ1) is 14.7. The SMILES string of the molecule is Cc1cc(N(CC(C)C)CC(C)C)nc(NN)n1. The molecule has 0 aromatic carbocycles. The van der Waals surface area contributed by atoms with Crippen LogP contribution in [0.2, 0.25) is 0 Å². The molecule has 5 nitrogen and oxygen atoms in total. The van der Waals surface area contributed by atoms with Gasteiger partial charge < -0.3 is 4.90 Å². The molecule has 1 rings (SSSR count). The summed E-state index contributed by atoms with van der Waals surface area (Å²) in [5.41, 5.74) is 3.44. The van der Waals surface area contributed by atoms with E-state index in [-0.39, 0.29) is 0 Å². The van der Waals surface area contributed by atoms with E-state index in [0.29, 0.717) is 17.8 Å². The van der Waals surface area contributed by atoms with Crippen LogP contribution in [0.25, 0.3) is 0 Å². The van der Waals surface area contributed by atoms with Crippen molar-refractivity contribution in [3.63, 3.8) is 0 Å². The summed E-state index contributed by atoms with van der Waals surface area (Å²) in [5.74, 6) is 8.00. The van der Waals surface area contributed by atoms with Crippen molar-refractivity contribution in [1.82, 2.24) is 9.97 Å². The molecule has 0 radical (unpaired) electrons. The molecule has 1 heterocycles. The molecule has 18 heavy (non-hydrogen) atoms. The Hall–Kier alpha value is -1.36. The van der Waals surface area contributed by atoms with Crippen LogP contribution in [0.15, 0.2) is 6.07 Å². The lowest BCUT2D eigenvalue weighted by molar-refractivity contribution is 0.548. The number of nitrogens with zero attached hydrogens (tertiary/aromatic N) is 3. The Morgan fingerprint density at radius 3 is 2.17 bits per heavy atom. The topological polar surface area (TPSA) is 67.1 Å². The molecule has 5 heteroatoms. The van der Waals surface area contributed by atoms with Crippen LogP contribution >= 0.6 is 0 Å². The van der Waals surface area contributed by atoms with E-state index in [9.17, 15) is 0 Å². The average molecular weight is 251 g/mol. The largest absolute Gasteiger partial charge is 0.356 e. The first-order valence-corrected chi connectivity index (χ1v) is 6.49. The smallest absolute Gasteiger partial charge is 0.239 e. The summed E-state index contributed by atoms with van der Waals surface area (Å²) in [4.78, 5) is 11.0. The van der Waals surface area contributed by atoms with Crippen LogP contribution in [-0.2, 0) is 0 Å². The number of nitrogens with one attached hydrogen (secondary N) is 1. The first-order valence-electron chi connectivity index (χ1n) is 6.49. The highest BCUT2D eigenvalue weighted by atomic mass is 15.3. The Kier molecular flexibility index (Phi) is 5.34. The summed E-state index contributed by atoms with van der Waals surface area (Å²) in [6, 6.07) is 2.01. The minimum absolute atomic E-state index is 0.475. The molecule has 3 N–H and O–H groups in total. The quantitative estimate of drug-likeness (QED) is 0.599. The molecule has 0 amide bonds. The lowest BCUT2D eigenvalue weighted by atomic mass is 10.1. The summed E-state index contributed by atoms with van der Waals surface area (Å²) in [5, 5.41) is 0. The monoisotopic (exact) mass is 251 g/mol. The van der Waals surface area contributed by atoms with Gasteiger partial charge in [-0.15, -0.1) is 0 Å². The Labute approximate surface area is 110 Å². The number of anilines is 2. The average Bonchev–Trinajstić information content (AvgIpc) is 2.26. The fourth-order valence-electron chi connectivity index (χ4n) is 1.92. The predicted molar refractivity (Wildman–Crippen MR) is 76.5 cm³/mol. The number of nitrogens with two attached hydrogens (primary N) is 1. The van der Waals surface area contributed by atoms with E-state index in [1.54, 1.807) is 0 Å². The lowest BCUT2D eigenvalue weighted by Gasteiger charge is -2.27. The summed E-state index contributed by atoms with van der Waals surface area (Å²) in [6.07, 6.45) is 0. The van der Waals surface area contributed by atoms with E-state index in [0.717, 1.165) is 24.6 Å². The molecule has 0 aliphatic carbocycles. The van der Waals surface area contributed by atoms with E-state index < -0.39 is 0 Å². The minimum Gasteiger partial charge on any atom is -0.356 e. The van der Waals surface area contributed by atoms with Gasteiger partial charge in [0.25, 0.3) is 0 Å². The third kappa shape index (κ3) is 4.49. The highest BCUT2D eigenvalue weighted by Crippen LogP contribution is 2.17. The van der Waals surface area contributed by atoms with Gasteiger partial charge in [0.15, 0.2) is 0 Å². The Morgan fingerprint density at radius 2 is 1.72 bits per heavy atom. The van der Waals surface area contributed by atoms with Gasteiger partial charge in [-0.05, 0) is 18.8 Å². The molecule has 0 saturated carbocycles. The molecule has 0 bridgehead atoms. The standard InChI is InChI=1S/C13H25N5/c1-9(2)7-18(8-10(3)4)12-6-11(5)15-13(16-12)17-14/h6,9-10H,7-8,14H2,1-5H3,(H,15,16,17). The number of hydrogen-bond acceptors (Lipinski definition) is 5. The second-order valence-electron chi connectivity index (χ2n) is 5.53. The molecule has 0 saturated heterocycles. The van der Waals surface area contributed by atoms with Crippen molar-refractivity contribution in [3.8, 4) is 0 Å². The highest BCUT2D eigenvalue weighted by molar-refractivity contribution is 5.44. The molecule has 0 fully saturated rings. The van der Waals surface area contributed by atoms with Crippen LogP contribution in [0.5, 0.6) is 0 Å². The Morgan fingerprint density at radius 1 is 1.17 bits per heavy atom. The molecule has 0 spiro atoms. The van der Waals surface area contributed by atoms with Crippen molar-refractivity contribution in [2.24, 2.45) is 17.7 Å². The zero-order valence-corrected chi connectivity index (χ0v) is 12.1. The van der Waals surface area contributed by atoms with E-state index in [2.05, 4.69) is 48.0 Å². The molecule has 0 aliphatic rings. The number of rotatable bonds is 6. The van der Waals surface area contributed by atoms with Crippen LogP contribution < -0.4 is 16.2 Å².